The number of esters is 1. The Bertz CT molecular complexity index is 1370. The van der Waals surface area contributed by atoms with Crippen LogP contribution in [0.5, 0.6) is 28.7 Å². The van der Waals surface area contributed by atoms with E-state index in [1.165, 1.54) is 21.3 Å². The highest BCUT2D eigenvalue weighted by Gasteiger charge is 2.56. The van der Waals surface area contributed by atoms with Crippen LogP contribution < -0.4 is 23.7 Å². The van der Waals surface area contributed by atoms with E-state index < -0.39 is 66.8 Å². The lowest BCUT2D eigenvalue weighted by Crippen LogP contribution is -2.63. The van der Waals surface area contributed by atoms with Gasteiger partial charge in [0.2, 0.25) is 12.5 Å². The molecule has 43 heavy (non-hydrogen) atoms. The molecule has 0 bridgehead atoms. The number of cyclic esters (lactones) is 1. The van der Waals surface area contributed by atoms with Crippen molar-refractivity contribution in [2.24, 2.45) is 11.8 Å². The largest absolute Gasteiger partial charge is 0.493 e. The Kier molecular flexibility index (Phi) is 7.27. The Labute approximate surface area is 247 Å². The van der Waals surface area contributed by atoms with Gasteiger partial charge in [-0.2, -0.15) is 0 Å². The fourth-order valence-electron chi connectivity index (χ4n) is 6.92. The molecule has 0 amide bonds. The Morgan fingerprint density at radius 3 is 2.21 bits per heavy atom. The SMILES string of the molecule is COc1cc([C@@H]2c3cc4c(cc3[C@@H](O[C@@H]3O[C@@H]5CO[C@H](C)O[C@H]5[C@H](O)[C@H]3O)[C@H]3COC(=O)[C@H]23)OCO4)cc(OC)c1OC. The molecule has 0 spiro atoms. The fourth-order valence-corrected chi connectivity index (χ4v) is 6.92. The number of rotatable bonds is 6. The summed E-state index contributed by atoms with van der Waals surface area (Å²) in [6.07, 6.45) is -6.70. The van der Waals surface area contributed by atoms with E-state index in [1.54, 1.807) is 6.92 Å². The van der Waals surface area contributed by atoms with Gasteiger partial charge < -0.3 is 57.6 Å². The second-order valence-electron chi connectivity index (χ2n) is 11.2. The van der Waals surface area contributed by atoms with Gasteiger partial charge in [0.1, 0.15) is 24.4 Å². The van der Waals surface area contributed by atoms with Crippen LogP contribution in [0.1, 0.15) is 35.6 Å². The van der Waals surface area contributed by atoms with Gasteiger partial charge in [0.05, 0.1) is 46.6 Å². The van der Waals surface area contributed by atoms with Gasteiger partial charge in [-0.05, 0) is 47.9 Å². The lowest BCUT2D eigenvalue weighted by molar-refractivity contribution is -0.364. The van der Waals surface area contributed by atoms with E-state index in [1.807, 2.05) is 24.3 Å². The molecule has 7 rings (SSSR count). The molecule has 4 aliphatic heterocycles. The third kappa shape index (κ3) is 4.57. The first kappa shape index (κ1) is 28.4. The van der Waals surface area contributed by atoms with Crippen molar-refractivity contribution >= 4 is 5.97 Å². The predicted octanol–water partition coefficient (Wildman–Crippen LogP) is 1.64. The molecule has 10 atom stereocenters. The highest BCUT2D eigenvalue weighted by atomic mass is 16.8. The maximum Gasteiger partial charge on any atom is 0.310 e. The molecule has 3 fully saturated rings. The van der Waals surface area contributed by atoms with Crippen LogP contribution in [0.25, 0.3) is 0 Å². The summed E-state index contributed by atoms with van der Waals surface area (Å²) in [5, 5.41) is 22.0. The summed E-state index contributed by atoms with van der Waals surface area (Å²) in [5.41, 5.74) is 2.19. The maximum absolute atomic E-state index is 13.5. The number of aliphatic hydroxyl groups excluding tert-OH is 2. The molecule has 0 unspecified atom stereocenters. The Morgan fingerprint density at radius 2 is 1.53 bits per heavy atom. The number of carbonyl (C=O) groups is 1. The zero-order valence-corrected chi connectivity index (χ0v) is 24.1. The Morgan fingerprint density at radius 1 is 0.837 bits per heavy atom. The van der Waals surface area contributed by atoms with Crippen LogP contribution in [-0.4, -0.2) is 94.5 Å². The van der Waals surface area contributed by atoms with Gasteiger partial charge in [-0.3, -0.25) is 4.79 Å². The van der Waals surface area contributed by atoms with E-state index in [9.17, 15) is 15.0 Å². The predicted molar refractivity (Wildman–Crippen MR) is 143 cm³/mol. The third-order valence-electron chi connectivity index (χ3n) is 8.93. The van der Waals surface area contributed by atoms with E-state index in [-0.39, 0.29) is 20.0 Å². The van der Waals surface area contributed by atoms with Crippen LogP contribution in [-0.2, 0) is 28.5 Å². The van der Waals surface area contributed by atoms with Crippen molar-refractivity contribution in [2.45, 2.75) is 55.9 Å². The lowest BCUT2D eigenvalue weighted by Gasteiger charge is -2.47. The summed E-state index contributed by atoms with van der Waals surface area (Å²) in [7, 11) is 4.58. The molecule has 232 valence electrons. The van der Waals surface area contributed by atoms with E-state index >= 15 is 0 Å². The number of hydrogen-bond donors (Lipinski definition) is 2. The number of fused-ring (bicyclic) bond motifs is 4. The summed E-state index contributed by atoms with van der Waals surface area (Å²) in [4.78, 5) is 13.5. The van der Waals surface area contributed by atoms with Crippen LogP contribution in [0.15, 0.2) is 24.3 Å². The average Bonchev–Trinajstić information content (AvgIpc) is 3.64. The Hall–Kier alpha value is -3.33. The van der Waals surface area contributed by atoms with Crippen LogP contribution in [0.4, 0.5) is 0 Å². The van der Waals surface area contributed by atoms with E-state index in [2.05, 4.69) is 0 Å². The van der Waals surface area contributed by atoms with Gasteiger partial charge in [0.25, 0.3) is 0 Å². The highest BCUT2D eigenvalue weighted by Crippen LogP contribution is 2.57. The molecule has 2 N–H and O–H groups in total. The lowest BCUT2D eigenvalue weighted by atomic mass is 9.66. The first-order valence-electron chi connectivity index (χ1n) is 14.2. The van der Waals surface area contributed by atoms with Crippen molar-refractivity contribution in [1.29, 1.82) is 0 Å². The number of ether oxygens (including phenoxy) is 10. The average molecular weight is 603 g/mol. The molecule has 0 aromatic heterocycles. The third-order valence-corrected chi connectivity index (χ3v) is 8.93. The summed E-state index contributed by atoms with van der Waals surface area (Å²) in [5.74, 6) is 0.289. The number of carbonyl (C=O) groups excluding carboxylic acids is 1. The number of hydrogen-bond acceptors (Lipinski definition) is 13. The molecule has 13 heteroatoms. The molecular formula is C30H34O13. The molecule has 2 aromatic rings. The van der Waals surface area contributed by atoms with Gasteiger partial charge in [0, 0.05) is 11.8 Å². The van der Waals surface area contributed by atoms with Gasteiger partial charge in [0.15, 0.2) is 35.6 Å². The summed E-state index contributed by atoms with van der Waals surface area (Å²) in [6, 6.07) is 7.31. The summed E-state index contributed by atoms with van der Waals surface area (Å²) >= 11 is 0. The molecule has 0 radical (unpaired) electrons. The van der Waals surface area contributed by atoms with E-state index in [0.717, 1.165) is 11.1 Å². The van der Waals surface area contributed by atoms with Crippen LogP contribution in [0.2, 0.25) is 0 Å². The molecule has 3 saturated heterocycles. The van der Waals surface area contributed by atoms with Gasteiger partial charge in [-0.25, -0.2) is 0 Å². The van der Waals surface area contributed by atoms with Gasteiger partial charge >= 0.3 is 5.97 Å². The number of aliphatic hydroxyl groups is 2. The van der Waals surface area contributed by atoms with E-state index in [0.29, 0.717) is 34.3 Å². The van der Waals surface area contributed by atoms with Crippen molar-refractivity contribution in [3.8, 4) is 28.7 Å². The summed E-state index contributed by atoms with van der Waals surface area (Å²) in [6.45, 7) is 1.99. The van der Waals surface area contributed by atoms with Crippen LogP contribution in [0.3, 0.4) is 0 Å². The minimum atomic E-state index is -1.42. The first-order chi connectivity index (χ1) is 20.8. The van der Waals surface area contributed by atoms with Gasteiger partial charge in [-0.15, -0.1) is 0 Å². The quantitative estimate of drug-likeness (QED) is 0.462. The highest BCUT2D eigenvalue weighted by molar-refractivity contribution is 5.79. The standard InChI is InChI=1S/C30H34O13/c1-12-37-10-21-28(41-12)24(31)25(32)30(42-21)43-26-15-8-18-17(39-11-40-18)7-14(15)22(23-16(26)9-38-29(23)33)13-5-19(34-2)27(36-4)20(6-13)35-3/h5-8,12,16,21-26,28,30-32H,9-11H2,1-4H3/t12-,16-,21+,22+,23-,24+,25+,26+,28+,30-/m0/s1. The smallest absolute Gasteiger partial charge is 0.310 e. The second kappa shape index (κ2) is 11.0. The normalized spacial score (nSPS) is 35.8. The number of benzene rings is 2. The van der Waals surface area contributed by atoms with E-state index in [4.69, 9.17) is 47.4 Å². The van der Waals surface area contributed by atoms with Gasteiger partial charge in [-0.1, -0.05) is 0 Å². The first-order valence-corrected chi connectivity index (χ1v) is 14.2. The van der Waals surface area contributed by atoms with Crippen molar-refractivity contribution in [2.75, 3.05) is 41.3 Å². The molecular weight excluding hydrogens is 568 g/mol. The van der Waals surface area contributed by atoms with Crippen molar-refractivity contribution in [3.63, 3.8) is 0 Å². The molecule has 5 aliphatic rings. The molecule has 2 aromatic carbocycles. The minimum absolute atomic E-state index is 0.0473. The molecule has 0 saturated carbocycles. The van der Waals surface area contributed by atoms with Crippen LogP contribution >= 0.6 is 0 Å². The molecule has 1 aliphatic carbocycles. The zero-order valence-electron chi connectivity index (χ0n) is 24.1. The van der Waals surface area contributed by atoms with Crippen LogP contribution in [0, 0.1) is 11.8 Å². The monoisotopic (exact) mass is 602 g/mol. The molecule has 13 nitrogen and oxygen atoms in total. The topological polar surface area (TPSA) is 150 Å². The van der Waals surface area contributed by atoms with Crippen molar-refractivity contribution < 1.29 is 62.4 Å². The zero-order chi connectivity index (χ0) is 30.0. The maximum atomic E-state index is 13.5. The van der Waals surface area contributed by atoms with Crippen molar-refractivity contribution in [1.82, 2.24) is 0 Å². The Balaban J connectivity index is 1.32. The molecule has 4 heterocycles. The summed E-state index contributed by atoms with van der Waals surface area (Å²) < 4.78 is 57.7. The second-order valence-corrected chi connectivity index (χ2v) is 11.2. The minimum Gasteiger partial charge on any atom is -0.493 e. The van der Waals surface area contributed by atoms with Crippen molar-refractivity contribution in [3.05, 3.63) is 41.0 Å². The fraction of sp³-hybridized carbons (Fsp3) is 0.567. The number of methoxy groups -OCH3 is 3.